The van der Waals surface area contributed by atoms with Crippen LogP contribution in [0.4, 0.5) is 5.69 Å². The van der Waals surface area contributed by atoms with E-state index in [-0.39, 0.29) is 35.6 Å². The average Bonchev–Trinajstić information content (AvgIpc) is 2.93. The van der Waals surface area contributed by atoms with Gasteiger partial charge < -0.3 is 4.90 Å². The molecule has 2 aliphatic heterocycles. The zero-order chi connectivity index (χ0) is 19.8. The number of hydrogen-bond acceptors (Lipinski definition) is 5. The first-order chi connectivity index (χ1) is 12.6. The lowest BCUT2D eigenvalue weighted by Crippen LogP contribution is -2.36. The van der Waals surface area contributed by atoms with Crippen LogP contribution < -0.4 is 9.62 Å². The van der Waals surface area contributed by atoms with Crippen molar-refractivity contribution in [2.75, 3.05) is 36.8 Å². The van der Waals surface area contributed by atoms with Crippen molar-refractivity contribution in [2.24, 2.45) is 0 Å². The Bertz CT molecular complexity index is 943. The van der Waals surface area contributed by atoms with Gasteiger partial charge in [-0.05, 0) is 36.5 Å². The maximum atomic E-state index is 12.6. The van der Waals surface area contributed by atoms with Gasteiger partial charge in [0.2, 0.25) is 26.0 Å². The molecule has 0 saturated carbocycles. The highest BCUT2D eigenvalue weighted by Crippen LogP contribution is 2.36. The third-order valence-corrected chi connectivity index (χ3v) is 8.57. The van der Waals surface area contributed by atoms with E-state index >= 15 is 0 Å². The highest BCUT2D eigenvalue weighted by molar-refractivity contribution is 7.89. The predicted molar refractivity (Wildman–Crippen MR) is 103 cm³/mol. The van der Waals surface area contributed by atoms with E-state index in [1.807, 2.05) is 0 Å². The summed E-state index contributed by atoms with van der Waals surface area (Å²) in [5.41, 5.74) is 1.59. The summed E-state index contributed by atoms with van der Waals surface area (Å²) < 4.78 is 52.6. The molecule has 150 valence electrons. The van der Waals surface area contributed by atoms with E-state index in [2.05, 4.69) is 11.6 Å². The SMILES string of the molecule is CC(=O)N1CCC(C)c2ccc(S(=O)(=O)NCCN3CCCS3(=O)=O)cc21. The molecular formula is C17H25N3O5S2. The second-order valence-corrected chi connectivity index (χ2v) is 10.9. The number of carbonyl (C=O) groups excluding carboxylic acids is 1. The van der Waals surface area contributed by atoms with Crippen LogP contribution in [0.5, 0.6) is 0 Å². The van der Waals surface area contributed by atoms with Gasteiger partial charge in [0.1, 0.15) is 0 Å². The summed E-state index contributed by atoms with van der Waals surface area (Å²) in [6, 6.07) is 4.82. The first-order valence-corrected chi connectivity index (χ1v) is 12.1. The topological polar surface area (TPSA) is 104 Å². The van der Waals surface area contributed by atoms with Gasteiger partial charge in [0.05, 0.1) is 10.6 Å². The Morgan fingerprint density at radius 1 is 1.30 bits per heavy atom. The summed E-state index contributed by atoms with van der Waals surface area (Å²) in [6.45, 7) is 4.63. The van der Waals surface area contributed by atoms with Gasteiger partial charge in [-0.2, -0.15) is 0 Å². The zero-order valence-electron chi connectivity index (χ0n) is 15.5. The van der Waals surface area contributed by atoms with Crippen molar-refractivity contribution in [3.63, 3.8) is 0 Å². The van der Waals surface area contributed by atoms with Gasteiger partial charge in [-0.3, -0.25) is 4.79 Å². The van der Waals surface area contributed by atoms with Gasteiger partial charge in [0.25, 0.3) is 0 Å². The van der Waals surface area contributed by atoms with E-state index in [0.29, 0.717) is 25.2 Å². The smallest absolute Gasteiger partial charge is 0.240 e. The molecule has 1 amide bonds. The molecule has 1 unspecified atom stereocenters. The van der Waals surface area contributed by atoms with E-state index in [0.717, 1.165) is 12.0 Å². The molecule has 1 aromatic carbocycles. The molecule has 2 heterocycles. The molecule has 0 bridgehead atoms. The summed E-state index contributed by atoms with van der Waals surface area (Å²) in [6.07, 6.45) is 1.40. The summed E-state index contributed by atoms with van der Waals surface area (Å²) in [7, 11) is -7.05. The van der Waals surface area contributed by atoms with Crippen LogP contribution in [0.25, 0.3) is 0 Å². The lowest BCUT2D eigenvalue weighted by molar-refractivity contribution is -0.116. The van der Waals surface area contributed by atoms with Crippen LogP contribution in [0.2, 0.25) is 0 Å². The van der Waals surface area contributed by atoms with Crippen LogP contribution in [0, 0.1) is 0 Å². The van der Waals surface area contributed by atoms with Crippen LogP contribution in [0.15, 0.2) is 23.1 Å². The lowest BCUT2D eigenvalue weighted by atomic mass is 9.91. The van der Waals surface area contributed by atoms with Gasteiger partial charge in [-0.15, -0.1) is 0 Å². The van der Waals surface area contributed by atoms with E-state index in [4.69, 9.17) is 0 Å². The molecule has 0 radical (unpaired) electrons. The van der Waals surface area contributed by atoms with E-state index in [9.17, 15) is 21.6 Å². The van der Waals surface area contributed by atoms with Crippen LogP contribution in [0.1, 0.15) is 38.2 Å². The Labute approximate surface area is 160 Å². The van der Waals surface area contributed by atoms with Crippen molar-refractivity contribution in [2.45, 2.75) is 37.5 Å². The van der Waals surface area contributed by atoms with E-state index in [1.165, 1.54) is 23.4 Å². The number of amides is 1. The van der Waals surface area contributed by atoms with Crippen LogP contribution in [0.3, 0.4) is 0 Å². The number of rotatable bonds is 5. The van der Waals surface area contributed by atoms with Gasteiger partial charge in [0, 0.05) is 38.8 Å². The number of fused-ring (bicyclic) bond motifs is 1. The molecular weight excluding hydrogens is 390 g/mol. The molecule has 3 rings (SSSR count). The number of benzene rings is 1. The second-order valence-electron chi connectivity index (χ2n) is 7.05. The number of nitrogens with zero attached hydrogens (tertiary/aromatic N) is 2. The molecule has 0 spiro atoms. The molecule has 27 heavy (non-hydrogen) atoms. The number of hydrogen-bond donors (Lipinski definition) is 1. The van der Waals surface area contributed by atoms with Crippen molar-refractivity contribution in [3.05, 3.63) is 23.8 Å². The highest BCUT2D eigenvalue weighted by atomic mass is 32.2. The number of carbonyl (C=O) groups is 1. The summed E-state index contributed by atoms with van der Waals surface area (Å²) in [4.78, 5) is 13.6. The molecule has 1 atom stereocenters. The Hall–Kier alpha value is -1.49. The first kappa shape index (κ1) is 20.2. The first-order valence-electron chi connectivity index (χ1n) is 9.01. The molecule has 1 fully saturated rings. The maximum absolute atomic E-state index is 12.6. The quantitative estimate of drug-likeness (QED) is 0.768. The van der Waals surface area contributed by atoms with Crippen molar-refractivity contribution in [3.8, 4) is 0 Å². The molecule has 1 aromatic rings. The van der Waals surface area contributed by atoms with Crippen LogP contribution in [-0.2, 0) is 24.8 Å². The standard InChI is InChI=1S/C17H25N3O5S2/c1-13-6-9-20(14(2)21)17-12-15(4-5-16(13)17)27(24,25)18-7-10-19-8-3-11-26(19,22)23/h4-5,12-13,18H,3,6-11H2,1-2H3. The molecule has 1 N–H and O–H groups in total. The van der Waals surface area contributed by atoms with Crippen LogP contribution in [-0.4, -0.2) is 59.0 Å². The van der Waals surface area contributed by atoms with Crippen molar-refractivity contribution in [1.29, 1.82) is 0 Å². The molecule has 1 saturated heterocycles. The highest BCUT2D eigenvalue weighted by Gasteiger charge is 2.29. The van der Waals surface area contributed by atoms with Crippen molar-refractivity contribution >= 4 is 31.6 Å². The van der Waals surface area contributed by atoms with E-state index in [1.54, 1.807) is 11.0 Å². The third-order valence-electron chi connectivity index (χ3n) is 5.16. The van der Waals surface area contributed by atoms with Crippen molar-refractivity contribution < 1.29 is 21.6 Å². The minimum absolute atomic E-state index is 0.00543. The second kappa shape index (κ2) is 7.50. The van der Waals surface area contributed by atoms with Crippen LogP contribution >= 0.6 is 0 Å². The van der Waals surface area contributed by atoms with Gasteiger partial charge in [-0.1, -0.05) is 13.0 Å². The van der Waals surface area contributed by atoms with Gasteiger partial charge >= 0.3 is 0 Å². The third kappa shape index (κ3) is 4.18. The monoisotopic (exact) mass is 415 g/mol. The fraction of sp³-hybridized carbons (Fsp3) is 0.588. The molecule has 0 aromatic heterocycles. The predicted octanol–water partition coefficient (Wildman–Crippen LogP) is 0.861. The number of anilines is 1. The molecule has 8 nitrogen and oxygen atoms in total. The van der Waals surface area contributed by atoms with E-state index < -0.39 is 20.0 Å². The fourth-order valence-corrected chi connectivity index (χ4v) is 6.17. The Morgan fingerprint density at radius 3 is 2.67 bits per heavy atom. The normalized spacial score (nSPS) is 22.6. The lowest BCUT2D eigenvalue weighted by Gasteiger charge is -2.32. The molecule has 2 aliphatic rings. The molecule has 0 aliphatic carbocycles. The summed E-state index contributed by atoms with van der Waals surface area (Å²) >= 11 is 0. The molecule has 10 heteroatoms. The Morgan fingerprint density at radius 2 is 2.04 bits per heavy atom. The van der Waals surface area contributed by atoms with Crippen molar-refractivity contribution in [1.82, 2.24) is 9.03 Å². The summed E-state index contributed by atoms with van der Waals surface area (Å²) in [5.74, 6) is 0.245. The largest absolute Gasteiger partial charge is 0.312 e. The fourth-order valence-electron chi connectivity index (χ4n) is 3.60. The van der Waals surface area contributed by atoms with Gasteiger partial charge in [0.15, 0.2) is 0 Å². The minimum Gasteiger partial charge on any atom is -0.312 e. The van der Waals surface area contributed by atoms with Gasteiger partial charge in [-0.25, -0.2) is 25.9 Å². The Balaban J connectivity index is 1.77. The number of nitrogens with one attached hydrogen (secondary N) is 1. The summed E-state index contributed by atoms with van der Waals surface area (Å²) in [5, 5.41) is 0. The minimum atomic E-state index is -3.80. The Kier molecular flexibility index (Phi) is 5.62. The maximum Gasteiger partial charge on any atom is 0.240 e. The average molecular weight is 416 g/mol. The number of sulfonamides is 2. The zero-order valence-corrected chi connectivity index (χ0v) is 17.1.